The fraction of sp³-hybridized carbons (Fsp3) is 0.200. The molecule has 1 aromatic heterocycles. The first kappa shape index (κ1) is 14.5. The van der Waals surface area contributed by atoms with Crippen LogP contribution in [0.3, 0.4) is 0 Å². The van der Waals surface area contributed by atoms with Crippen molar-refractivity contribution in [2.24, 2.45) is 0 Å². The number of carbonyl (C=O) groups is 1. The average molecular weight is 336 g/mol. The summed E-state index contributed by atoms with van der Waals surface area (Å²) >= 11 is 3.39. The molecule has 2 rings (SSSR count). The topological polar surface area (TPSA) is 48.4 Å². The molecule has 5 heteroatoms. The second-order valence-corrected chi connectivity index (χ2v) is 5.00. The monoisotopic (exact) mass is 335 g/mol. The molecule has 2 aromatic rings. The van der Waals surface area contributed by atoms with Gasteiger partial charge in [0.2, 0.25) is 5.88 Å². The van der Waals surface area contributed by atoms with Gasteiger partial charge in [0.05, 0.1) is 6.61 Å². The lowest BCUT2D eigenvalue weighted by Gasteiger charge is -2.11. The van der Waals surface area contributed by atoms with Crippen LogP contribution in [0, 0.1) is 6.92 Å². The van der Waals surface area contributed by atoms with E-state index >= 15 is 0 Å². The number of pyridine rings is 1. The third-order valence-corrected chi connectivity index (χ3v) is 3.12. The van der Waals surface area contributed by atoms with Crippen molar-refractivity contribution < 1.29 is 14.3 Å². The number of aromatic nitrogens is 1. The number of esters is 1. The Morgan fingerprint density at radius 1 is 1.35 bits per heavy atom. The van der Waals surface area contributed by atoms with Crippen molar-refractivity contribution in [2.75, 3.05) is 6.61 Å². The Labute approximate surface area is 125 Å². The molecule has 0 saturated heterocycles. The number of nitrogens with zero attached hydrogens (tertiary/aromatic N) is 1. The summed E-state index contributed by atoms with van der Waals surface area (Å²) in [4.78, 5) is 16.0. The van der Waals surface area contributed by atoms with Crippen LogP contribution in [0.4, 0.5) is 0 Å². The SMILES string of the molecule is CCOC(=O)c1cccnc1Oc1cc(Br)ccc1C. The molecule has 0 spiro atoms. The average Bonchev–Trinajstić information content (AvgIpc) is 2.44. The molecule has 0 saturated carbocycles. The summed E-state index contributed by atoms with van der Waals surface area (Å²) in [6.07, 6.45) is 1.57. The Kier molecular flexibility index (Phi) is 4.74. The van der Waals surface area contributed by atoms with Crippen LogP contribution in [0.15, 0.2) is 41.0 Å². The van der Waals surface area contributed by atoms with E-state index in [-0.39, 0.29) is 5.88 Å². The molecule has 20 heavy (non-hydrogen) atoms. The number of hydrogen-bond donors (Lipinski definition) is 0. The van der Waals surface area contributed by atoms with Crippen LogP contribution in [0.25, 0.3) is 0 Å². The van der Waals surface area contributed by atoms with Crippen LogP contribution in [-0.4, -0.2) is 17.6 Å². The predicted octanol–water partition coefficient (Wildman–Crippen LogP) is 4.12. The van der Waals surface area contributed by atoms with Crippen molar-refractivity contribution in [3.05, 3.63) is 52.1 Å². The summed E-state index contributed by atoms with van der Waals surface area (Å²) in [6, 6.07) is 8.98. The first-order chi connectivity index (χ1) is 9.61. The summed E-state index contributed by atoms with van der Waals surface area (Å²) < 4.78 is 11.6. The molecule has 1 heterocycles. The summed E-state index contributed by atoms with van der Waals surface area (Å²) in [5.74, 6) is 0.444. The molecule has 0 aliphatic carbocycles. The highest BCUT2D eigenvalue weighted by Crippen LogP contribution is 2.29. The number of hydrogen-bond acceptors (Lipinski definition) is 4. The van der Waals surface area contributed by atoms with Crippen LogP contribution >= 0.6 is 15.9 Å². The van der Waals surface area contributed by atoms with E-state index in [0.717, 1.165) is 10.0 Å². The van der Waals surface area contributed by atoms with Crippen LogP contribution in [0.2, 0.25) is 0 Å². The number of ether oxygens (including phenoxy) is 2. The Bertz CT molecular complexity index is 628. The lowest BCUT2D eigenvalue weighted by atomic mass is 10.2. The highest BCUT2D eigenvalue weighted by atomic mass is 79.9. The standard InChI is InChI=1S/C15H14BrNO3/c1-3-19-15(18)12-5-4-8-17-14(12)20-13-9-11(16)7-6-10(13)2/h4-9H,3H2,1-2H3. The highest BCUT2D eigenvalue weighted by molar-refractivity contribution is 9.10. The number of halogens is 1. The maximum Gasteiger partial charge on any atom is 0.343 e. The highest BCUT2D eigenvalue weighted by Gasteiger charge is 2.16. The zero-order valence-electron chi connectivity index (χ0n) is 11.2. The van der Waals surface area contributed by atoms with Gasteiger partial charge in [-0.3, -0.25) is 0 Å². The van der Waals surface area contributed by atoms with Crippen molar-refractivity contribution in [3.8, 4) is 11.6 Å². The van der Waals surface area contributed by atoms with Gasteiger partial charge in [-0.05, 0) is 43.7 Å². The van der Waals surface area contributed by atoms with E-state index in [1.54, 1.807) is 25.3 Å². The Morgan fingerprint density at radius 3 is 2.90 bits per heavy atom. The van der Waals surface area contributed by atoms with E-state index < -0.39 is 5.97 Å². The minimum absolute atomic E-state index is 0.243. The van der Waals surface area contributed by atoms with Gasteiger partial charge in [0, 0.05) is 10.7 Å². The fourth-order valence-corrected chi connectivity index (χ4v) is 1.96. The van der Waals surface area contributed by atoms with E-state index in [4.69, 9.17) is 9.47 Å². The van der Waals surface area contributed by atoms with Crippen molar-refractivity contribution in [2.45, 2.75) is 13.8 Å². The zero-order chi connectivity index (χ0) is 14.5. The second-order valence-electron chi connectivity index (χ2n) is 4.09. The molecule has 0 amide bonds. The van der Waals surface area contributed by atoms with Crippen LogP contribution in [0.5, 0.6) is 11.6 Å². The quantitative estimate of drug-likeness (QED) is 0.788. The molecule has 0 atom stereocenters. The summed E-state index contributed by atoms with van der Waals surface area (Å²) in [5, 5.41) is 0. The number of rotatable bonds is 4. The van der Waals surface area contributed by atoms with Gasteiger partial charge in [-0.15, -0.1) is 0 Å². The van der Waals surface area contributed by atoms with E-state index in [1.165, 1.54) is 0 Å². The van der Waals surface area contributed by atoms with Crippen molar-refractivity contribution >= 4 is 21.9 Å². The maximum absolute atomic E-state index is 11.9. The van der Waals surface area contributed by atoms with E-state index in [9.17, 15) is 4.79 Å². The van der Waals surface area contributed by atoms with E-state index in [1.807, 2.05) is 25.1 Å². The number of aryl methyl sites for hydroxylation is 1. The summed E-state index contributed by atoms with van der Waals surface area (Å²) in [6.45, 7) is 3.99. The van der Waals surface area contributed by atoms with Crippen molar-refractivity contribution in [3.63, 3.8) is 0 Å². The van der Waals surface area contributed by atoms with Crippen molar-refractivity contribution in [1.29, 1.82) is 0 Å². The fourth-order valence-electron chi connectivity index (χ4n) is 1.62. The zero-order valence-corrected chi connectivity index (χ0v) is 12.8. The second kappa shape index (κ2) is 6.52. The van der Waals surface area contributed by atoms with E-state index in [0.29, 0.717) is 17.9 Å². The Morgan fingerprint density at radius 2 is 2.15 bits per heavy atom. The molecule has 0 aliphatic rings. The van der Waals surface area contributed by atoms with Gasteiger partial charge in [0.15, 0.2) is 0 Å². The van der Waals surface area contributed by atoms with Crippen LogP contribution in [0.1, 0.15) is 22.8 Å². The minimum atomic E-state index is -0.441. The van der Waals surface area contributed by atoms with Gasteiger partial charge in [-0.25, -0.2) is 9.78 Å². The van der Waals surface area contributed by atoms with Gasteiger partial charge in [0.1, 0.15) is 11.3 Å². The number of carbonyl (C=O) groups excluding carboxylic acids is 1. The third-order valence-electron chi connectivity index (χ3n) is 2.62. The molecule has 0 N–H and O–H groups in total. The molecular formula is C15H14BrNO3. The number of benzene rings is 1. The molecule has 1 aromatic carbocycles. The normalized spacial score (nSPS) is 10.2. The molecule has 104 valence electrons. The van der Waals surface area contributed by atoms with Gasteiger partial charge in [0.25, 0.3) is 0 Å². The van der Waals surface area contributed by atoms with Crippen molar-refractivity contribution in [1.82, 2.24) is 4.98 Å². The predicted molar refractivity (Wildman–Crippen MR) is 79.1 cm³/mol. The smallest absolute Gasteiger partial charge is 0.343 e. The molecule has 0 unspecified atom stereocenters. The van der Waals surface area contributed by atoms with Gasteiger partial charge in [-0.1, -0.05) is 22.0 Å². The maximum atomic E-state index is 11.9. The molecule has 0 bridgehead atoms. The van der Waals surface area contributed by atoms with Gasteiger partial charge < -0.3 is 9.47 Å². The Hall–Kier alpha value is -1.88. The van der Waals surface area contributed by atoms with E-state index in [2.05, 4.69) is 20.9 Å². The lowest BCUT2D eigenvalue weighted by Crippen LogP contribution is -2.07. The van der Waals surface area contributed by atoms with Crippen LogP contribution < -0.4 is 4.74 Å². The Balaban J connectivity index is 2.34. The first-order valence-electron chi connectivity index (χ1n) is 6.18. The largest absolute Gasteiger partial charge is 0.462 e. The summed E-state index contributed by atoms with van der Waals surface area (Å²) in [5.41, 5.74) is 1.27. The van der Waals surface area contributed by atoms with Crippen LogP contribution in [-0.2, 0) is 4.74 Å². The molecule has 0 aliphatic heterocycles. The third kappa shape index (κ3) is 3.36. The first-order valence-corrected chi connectivity index (χ1v) is 6.97. The molecular weight excluding hydrogens is 322 g/mol. The molecule has 4 nitrogen and oxygen atoms in total. The minimum Gasteiger partial charge on any atom is -0.462 e. The van der Waals surface area contributed by atoms with Gasteiger partial charge in [-0.2, -0.15) is 0 Å². The van der Waals surface area contributed by atoms with Gasteiger partial charge >= 0.3 is 5.97 Å². The lowest BCUT2D eigenvalue weighted by molar-refractivity contribution is 0.0522. The molecule has 0 fully saturated rings. The molecule has 0 radical (unpaired) electrons. The summed E-state index contributed by atoms with van der Waals surface area (Å²) in [7, 11) is 0.